The molecule has 1 N–H and O–H groups in total. The van der Waals surface area contributed by atoms with Crippen LogP contribution in [0.2, 0.25) is 0 Å². The van der Waals surface area contributed by atoms with Crippen LogP contribution in [0.4, 0.5) is 5.69 Å². The number of anilines is 1. The lowest BCUT2D eigenvalue weighted by molar-refractivity contribution is 0.863. The van der Waals surface area contributed by atoms with Gasteiger partial charge < -0.3 is 5.32 Å². The topological polar surface area (TPSA) is 12.0 Å². The number of nitrogens with one attached hydrogen (secondary N) is 1. The Morgan fingerprint density at radius 1 is 1.20 bits per heavy atom. The molecule has 1 nitrogen and oxygen atoms in total. The van der Waals surface area contributed by atoms with Gasteiger partial charge in [-0.2, -0.15) is 0 Å². The van der Waals surface area contributed by atoms with Crippen LogP contribution in [0.25, 0.3) is 0 Å². The molecule has 1 heteroatoms. The van der Waals surface area contributed by atoms with Crippen LogP contribution < -0.4 is 5.32 Å². The van der Waals surface area contributed by atoms with E-state index in [0.29, 0.717) is 5.92 Å². The number of hydrogen-bond acceptors (Lipinski definition) is 1. The molecule has 0 amide bonds. The van der Waals surface area contributed by atoms with Crippen LogP contribution in [0.1, 0.15) is 51.7 Å². The van der Waals surface area contributed by atoms with E-state index in [0.717, 1.165) is 6.42 Å². The summed E-state index contributed by atoms with van der Waals surface area (Å²) in [6.45, 7) is 10.7. The first kappa shape index (κ1) is 14.0. The van der Waals surface area contributed by atoms with Gasteiger partial charge in [0, 0.05) is 12.7 Å². The summed E-state index contributed by atoms with van der Waals surface area (Å²) in [7, 11) is 1.98. The molecule has 0 atom stereocenters. The highest BCUT2D eigenvalue weighted by molar-refractivity contribution is 5.52. The molecule has 1 aromatic rings. The van der Waals surface area contributed by atoms with Gasteiger partial charge in [0.15, 0.2) is 0 Å². The molecule has 15 heavy (non-hydrogen) atoms. The fourth-order valence-electron chi connectivity index (χ4n) is 1.51. The quantitative estimate of drug-likeness (QED) is 0.772. The van der Waals surface area contributed by atoms with Gasteiger partial charge in [-0.3, -0.25) is 0 Å². The molecular formula is C14H25N. The lowest BCUT2D eigenvalue weighted by Gasteiger charge is -2.11. The molecule has 0 unspecified atom stereocenters. The van der Waals surface area contributed by atoms with Crippen LogP contribution in [0.15, 0.2) is 18.2 Å². The zero-order chi connectivity index (χ0) is 11.8. The Morgan fingerprint density at radius 2 is 1.80 bits per heavy atom. The number of benzene rings is 1. The van der Waals surface area contributed by atoms with Crippen LogP contribution in [0, 0.1) is 0 Å². The Balaban J connectivity index is 0.000000921. The summed E-state index contributed by atoms with van der Waals surface area (Å²) >= 11 is 0. The van der Waals surface area contributed by atoms with Gasteiger partial charge in [-0.05, 0) is 29.5 Å². The summed E-state index contributed by atoms with van der Waals surface area (Å²) in [4.78, 5) is 0. The summed E-state index contributed by atoms with van der Waals surface area (Å²) < 4.78 is 0. The van der Waals surface area contributed by atoms with Gasteiger partial charge in [0.25, 0.3) is 0 Å². The molecule has 0 aliphatic rings. The average Bonchev–Trinajstić information content (AvgIpc) is 2.30. The molecular weight excluding hydrogens is 182 g/mol. The molecule has 0 fully saturated rings. The first-order valence-corrected chi connectivity index (χ1v) is 5.99. The Kier molecular flexibility index (Phi) is 6.85. The van der Waals surface area contributed by atoms with Crippen molar-refractivity contribution in [3.05, 3.63) is 29.3 Å². The average molecular weight is 207 g/mol. The third kappa shape index (κ3) is 3.94. The molecule has 0 aromatic heterocycles. The maximum Gasteiger partial charge on any atom is 0.0370 e. The van der Waals surface area contributed by atoms with Gasteiger partial charge in [0.2, 0.25) is 0 Å². The van der Waals surface area contributed by atoms with Crippen LogP contribution in [0.5, 0.6) is 0 Å². The molecule has 0 saturated carbocycles. The largest absolute Gasteiger partial charge is 0.388 e. The van der Waals surface area contributed by atoms with E-state index in [2.05, 4.69) is 44.3 Å². The molecule has 0 bridgehead atoms. The lowest BCUT2D eigenvalue weighted by Crippen LogP contribution is -1.96. The fourth-order valence-corrected chi connectivity index (χ4v) is 1.51. The van der Waals surface area contributed by atoms with Crippen molar-refractivity contribution < 1.29 is 0 Å². The van der Waals surface area contributed by atoms with Crippen molar-refractivity contribution in [3.8, 4) is 0 Å². The van der Waals surface area contributed by atoms with Crippen LogP contribution >= 0.6 is 0 Å². The Morgan fingerprint density at radius 3 is 2.20 bits per heavy atom. The molecule has 0 radical (unpaired) electrons. The van der Waals surface area contributed by atoms with E-state index >= 15 is 0 Å². The monoisotopic (exact) mass is 207 g/mol. The molecule has 0 aliphatic heterocycles. The van der Waals surface area contributed by atoms with Crippen LogP contribution in [-0.2, 0) is 6.42 Å². The van der Waals surface area contributed by atoms with Crippen molar-refractivity contribution in [2.75, 3.05) is 12.4 Å². The Hall–Kier alpha value is -0.980. The summed E-state index contributed by atoms with van der Waals surface area (Å²) in [5.74, 6) is 0.621. The molecule has 1 rings (SSSR count). The van der Waals surface area contributed by atoms with Gasteiger partial charge in [-0.25, -0.2) is 0 Å². The number of aryl methyl sites for hydroxylation is 1. The second-order valence-corrected chi connectivity index (χ2v) is 3.67. The minimum absolute atomic E-state index is 0.621. The highest BCUT2D eigenvalue weighted by Crippen LogP contribution is 2.22. The highest BCUT2D eigenvalue weighted by atomic mass is 14.8. The van der Waals surface area contributed by atoms with Crippen LogP contribution in [-0.4, -0.2) is 7.05 Å². The standard InChI is InChI=1S/C12H19N.C2H6/c1-5-10-8-11(9(2)3)6-7-12(10)13-4;1-2/h6-9,13H,5H2,1-4H3;1-2H3. The predicted octanol–water partition coefficient (Wildman–Crippen LogP) is 4.44. The van der Waals surface area contributed by atoms with E-state index < -0.39 is 0 Å². The van der Waals surface area contributed by atoms with E-state index in [1.54, 1.807) is 0 Å². The van der Waals surface area contributed by atoms with E-state index in [4.69, 9.17) is 0 Å². The van der Waals surface area contributed by atoms with E-state index in [1.165, 1.54) is 16.8 Å². The smallest absolute Gasteiger partial charge is 0.0370 e. The minimum atomic E-state index is 0.621. The van der Waals surface area contributed by atoms with E-state index in [9.17, 15) is 0 Å². The van der Waals surface area contributed by atoms with Crippen molar-refractivity contribution in [1.82, 2.24) is 0 Å². The molecule has 0 spiro atoms. The molecule has 0 saturated heterocycles. The summed E-state index contributed by atoms with van der Waals surface area (Å²) in [6, 6.07) is 6.68. The van der Waals surface area contributed by atoms with Gasteiger partial charge in [-0.1, -0.05) is 46.8 Å². The Labute approximate surface area is 94.9 Å². The molecule has 0 heterocycles. The van der Waals surface area contributed by atoms with Crippen molar-refractivity contribution in [3.63, 3.8) is 0 Å². The second-order valence-electron chi connectivity index (χ2n) is 3.67. The SMILES string of the molecule is CC.CCc1cc(C(C)C)ccc1NC. The third-order valence-electron chi connectivity index (χ3n) is 2.45. The first-order valence-electron chi connectivity index (χ1n) is 5.99. The fraction of sp³-hybridized carbons (Fsp3) is 0.571. The van der Waals surface area contributed by atoms with Gasteiger partial charge >= 0.3 is 0 Å². The van der Waals surface area contributed by atoms with Gasteiger partial charge in [0.1, 0.15) is 0 Å². The van der Waals surface area contributed by atoms with Crippen molar-refractivity contribution in [2.24, 2.45) is 0 Å². The predicted molar refractivity (Wildman–Crippen MR) is 70.8 cm³/mol. The molecule has 0 aliphatic carbocycles. The maximum absolute atomic E-state index is 3.21. The van der Waals surface area contributed by atoms with E-state index in [-0.39, 0.29) is 0 Å². The number of hydrogen-bond donors (Lipinski definition) is 1. The third-order valence-corrected chi connectivity index (χ3v) is 2.45. The molecule has 1 aromatic carbocycles. The summed E-state index contributed by atoms with van der Waals surface area (Å²) in [6.07, 6.45) is 1.09. The molecule has 86 valence electrons. The summed E-state index contributed by atoms with van der Waals surface area (Å²) in [5.41, 5.74) is 4.09. The number of rotatable bonds is 3. The maximum atomic E-state index is 3.21. The van der Waals surface area contributed by atoms with E-state index in [1.807, 2.05) is 20.9 Å². The summed E-state index contributed by atoms with van der Waals surface area (Å²) in [5, 5.41) is 3.21. The zero-order valence-electron chi connectivity index (χ0n) is 11.0. The van der Waals surface area contributed by atoms with Gasteiger partial charge in [-0.15, -0.1) is 0 Å². The van der Waals surface area contributed by atoms with Crippen molar-refractivity contribution in [2.45, 2.75) is 47.0 Å². The van der Waals surface area contributed by atoms with Gasteiger partial charge in [0.05, 0.1) is 0 Å². The highest BCUT2D eigenvalue weighted by Gasteiger charge is 2.03. The van der Waals surface area contributed by atoms with Crippen LogP contribution in [0.3, 0.4) is 0 Å². The van der Waals surface area contributed by atoms with Crippen molar-refractivity contribution >= 4 is 5.69 Å². The second kappa shape index (κ2) is 7.33. The van der Waals surface area contributed by atoms with Crippen molar-refractivity contribution in [1.29, 1.82) is 0 Å². The minimum Gasteiger partial charge on any atom is -0.388 e. The first-order chi connectivity index (χ1) is 7.19. The zero-order valence-corrected chi connectivity index (χ0v) is 11.0. The Bertz CT molecular complexity index is 277. The lowest BCUT2D eigenvalue weighted by atomic mass is 9.99. The normalized spacial score (nSPS) is 9.53.